The summed E-state index contributed by atoms with van der Waals surface area (Å²) in [7, 11) is 1.43. The Labute approximate surface area is 163 Å². The summed E-state index contributed by atoms with van der Waals surface area (Å²) in [4.78, 5) is 28.6. The van der Waals surface area contributed by atoms with Gasteiger partial charge in [-0.15, -0.1) is 13.2 Å². The highest BCUT2D eigenvalue weighted by Gasteiger charge is 2.35. The SMILES string of the molecule is COCc1nn2c(C(=O)NC3CCC(OC(F)(F)F)CC3)ccnc2c1C(N)=O. The number of carbonyl (C=O) groups excluding carboxylic acids is 2. The predicted molar refractivity (Wildman–Crippen MR) is 92.9 cm³/mol. The first-order valence-electron chi connectivity index (χ1n) is 8.90. The molecule has 29 heavy (non-hydrogen) atoms. The average Bonchev–Trinajstić information content (AvgIpc) is 3.00. The highest BCUT2D eigenvalue weighted by Crippen LogP contribution is 2.28. The molecule has 1 aliphatic rings. The molecule has 0 radical (unpaired) electrons. The summed E-state index contributed by atoms with van der Waals surface area (Å²) in [6.07, 6.45) is -3.16. The molecule has 1 fully saturated rings. The summed E-state index contributed by atoms with van der Waals surface area (Å²) in [5.41, 5.74) is 5.96. The molecule has 0 saturated heterocycles. The van der Waals surface area contributed by atoms with Crippen LogP contribution in [0.2, 0.25) is 0 Å². The molecule has 12 heteroatoms. The Balaban J connectivity index is 1.75. The van der Waals surface area contributed by atoms with E-state index >= 15 is 0 Å². The number of fused-ring (bicyclic) bond motifs is 1. The van der Waals surface area contributed by atoms with E-state index in [-0.39, 0.29) is 48.1 Å². The van der Waals surface area contributed by atoms with E-state index in [1.165, 1.54) is 23.9 Å². The summed E-state index contributed by atoms with van der Waals surface area (Å²) < 4.78 is 47.2. The van der Waals surface area contributed by atoms with Crippen molar-refractivity contribution in [3.63, 3.8) is 0 Å². The zero-order valence-corrected chi connectivity index (χ0v) is 15.5. The molecule has 1 saturated carbocycles. The molecular formula is C17H20F3N5O4. The number of alkyl halides is 3. The maximum atomic E-state index is 12.7. The number of hydrogen-bond acceptors (Lipinski definition) is 6. The smallest absolute Gasteiger partial charge is 0.378 e. The number of nitrogens with two attached hydrogens (primary N) is 1. The van der Waals surface area contributed by atoms with Crippen molar-refractivity contribution in [2.75, 3.05) is 7.11 Å². The van der Waals surface area contributed by atoms with Crippen molar-refractivity contribution in [2.24, 2.45) is 5.73 Å². The van der Waals surface area contributed by atoms with E-state index in [4.69, 9.17) is 10.5 Å². The summed E-state index contributed by atoms with van der Waals surface area (Å²) in [6.45, 7) is 0.00586. The Morgan fingerprint density at radius 2 is 2.00 bits per heavy atom. The van der Waals surface area contributed by atoms with E-state index in [1.54, 1.807) is 0 Å². The van der Waals surface area contributed by atoms with Gasteiger partial charge < -0.3 is 15.8 Å². The number of amides is 2. The monoisotopic (exact) mass is 415 g/mol. The van der Waals surface area contributed by atoms with Gasteiger partial charge in [0.1, 0.15) is 17.0 Å². The van der Waals surface area contributed by atoms with E-state index in [9.17, 15) is 22.8 Å². The fraction of sp³-hybridized carbons (Fsp3) is 0.529. The minimum absolute atomic E-state index is 0.00586. The summed E-state index contributed by atoms with van der Waals surface area (Å²) in [5, 5.41) is 7.00. The molecule has 3 rings (SSSR count). The molecule has 3 N–H and O–H groups in total. The molecule has 0 atom stereocenters. The molecule has 9 nitrogen and oxygen atoms in total. The zero-order valence-electron chi connectivity index (χ0n) is 15.5. The first-order valence-corrected chi connectivity index (χ1v) is 8.90. The van der Waals surface area contributed by atoms with Crippen LogP contribution in [0, 0.1) is 0 Å². The van der Waals surface area contributed by atoms with Gasteiger partial charge in [-0.05, 0) is 31.7 Å². The number of methoxy groups -OCH3 is 1. The normalized spacial score (nSPS) is 20.0. The van der Waals surface area contributed by atoms with Crippen molar-refractivity contribution >= 4 is 17.5 Å². The summed E-state index contributed by atoms with van der Waals surface area (Å²) in [6, 6.07) is 1.12. The largest absolute Gasteiger partial charge is 0.522 e. The van der Waals surface area contributed by atoms with Gasteiger partial charge in [-0.3, -0.25) is 14.3 Å². The van der Waals surface area contributed by atoms with E-state index < -0.39 is 24.3 Å². The molecule has 2 aromatic heterocycles. The Bertz CT molecular complexity index is 906. The number of nitrogens with one attached hydrogen (secondary N) is 1. The second-order valence-corrected chi connectivity index (χ2v) is 6.70. The summed E-state index contributed by atoms with van der Waals surface area (Å²) in [5.74, 6) is -1.24. The highest BCUT2D eigenvalue weighted by molar-refractivity contribution is 6.01. The molecule has 0 unspecified atom stereocenters. The molecule has 0 aliphatic heterocycles. The van der Waals surface area contributed by atoms with Crippen molar-refractivity contribution in [1.82, 2.24) is 19.9 Å². The fourth-order valence-corrected chi connectivity index (χ4v) is 3.42. The minimum Gasteiger partial charge on any atom is -0.378 e. The average molecular weight is 415 g/mol. The van der Waals surface area contributed by atoms with Crippen LogP contribution in [0.4, 0.5) is 13.2 Å². The lowest BCUT2D eigenvalue weighted by Crippen LogP contribution is -2.40. The van der Waals surface area contributed by atoms with Crippen LogP contribution in [0.1, 0.15) is 52.2 Å². The third-order valence-electron chi connectivity index (χ3n) is 4.66. The molecule has 0 aromatic carbocycles. The number of aromatic nitrogens is 3. The molecule has 158 valence electrons. The second kappa shape index (κ2) is 8.33. The fourth-order valence-electron chi connectivity index (χ4n) is 3.42. The third-order valence-corrected chi connectivity index (χ3v) is 4.66. The van der Waals surface area contributed by atoms with Crippen molar-refractivity contribution < 1.29 is 32.2 Å². The van der Waals surface area contributed by atoms with Crippen molar-refractivity contribution in [3.05, 3.63) is 29.2 Å². The van der Waals surface area contributed by atoms with Gasteiger partial charge in [-0.2, -0.15) is 5.10 Å². The van der Waals surface area contributed by atoms with Crippen molar-refractivity contribution in [2.45, 2.75) is 50.8 Å². The minimum atomic E-state index is -4.67. The molecule has 0 bridgehead atoms. The lowest BCUT2D eigenvalue weighted by Gasteiger charge is -2.29. The van der Waals surface area contributed by atoms with Crippen LogP contribution in [0.25, 0.3) is 5.65 Å². The van der Waals surface area contributed by atoms with Gasteiger partial charge in [0, 0.05) is 19.3 Å². The van der Waals surface area contributed by atoms with Crippen LogP contribution in [-0.2, 0) is 16.1 Å². The Morgan fingerprint density at radius 1 is 1.31 bits per heavy atom. The van der Waals surface area contributed by atoms with E-state index in [0.717, 1.165) is 0 Å². The van der Waals surface area contributed by atoms with Gasteiger partial charge in [0.05, 0.1) is 12.7 Å². The van der Waals surface area contributed by atoms with Crippen LogP contribution in [-0.4, -0.2) is 52.0 Å². The van der Waals surface area contributed by atoms with Crippen molar-refractivity contribution in [3.8, 4) is 0 Å². The standard InChI is InChI=1S/C17H20F3N5O4/c1-28-8-11-13(14(21)26)15-22-7-6-12(25(15)24-11)16(27)23-9-2-4-10(5-3-9)29-17(18,19)20/h6-7,9-10H,2-5,8H2,1H3,(H2,21,26)(H,23,27). The molecule has 2 amide bonds. The van der Waals surface area contributed by atoms with Crippen LogP contribution in [0.5, 0.6) is 0 Å². The highest BCUT2D eigenvalue weighted by atomic mass is 19.4. The maximum Gasteiger partial charge on any atom is 0.522 e. The van der Waals surface area contributed by atoms with Crippen LogP contribution < -0.4 is 11.1 Å². The molecule has 1 aliphatic carbocycles. The number of rotatable bonds is 6. The van der Waals surface area contributed by atoms with E-state index in [2.05, 4.69) is 20.1 Å². The first kappa shape index (κ1) is 21.0. The Morgan fingerprint density at radius 3 is 2.59 bits per heavy atom. The van der Waals surface area contributed by atoms with Crippen LogP contribution in [0.3, 0.4) is 0 Å². The van der Waals surface area contributed by atoms with Gasteiger partial charge >= 0.3 is 6.36 Å². The van der Waals surface area contributed by atoms with Gasteiger partial charge in [0.25, 0.3) is 11.8 Å². The molecule has 2 aromatic rings. The van der Waals surface area contributed by atoms with Crippen LogP contribution in [0.15, 0.2) is 12.3 Å². The van der Waals surface area contributed by atoms with Gasteiger partial charge in [0.15, 0.2) is 5.65 Å². The lowest BCUT2D eigenvalue weighted by molar-refractivity contribution is -0.345. The predicted octanol–water partition coefficient (Wildman–Crippen LogP) is 1.55. The molecule has 0 spiro atoms. The first-order chi connectivity index (χ1) is 13.7. The number of halogens is 3. The van der Waals surface area contributed by atoms with E-state index in [0.29, 0.717) is 12.8 Å². The summed E-state index contributed by atoms with van der Waals surface area (Å²) >= 11 is 0. The van der Waals surface area contributed by atoms with Gasteiger partial charge in [-0.25, -0.2) is 9.50 Å². The quantitative estimate of drug-likeness (QED) is 0.739. The maximum absolute atomic E-state index is 12.7. The second-order valence-electron chi connectivity index (χ2n) is 6.70. The van der Waals surface area contributed by atoms with Crippen molar-refractivity contribution in [1.29, 1.82) is 0 Å². The molecular weight excluding hydrogens is 395 g/mol. The van der Waals surface area contributed by atoms with Gasteiger partial charge in [0.2, 0.25) is 0 Å². The Hall–Kier alpha value is -2.73. The van der Waals surface area contributed by atoms with E-state index in [1.807, 2.05) is 0 Å². The molecule has 2 heterocycles. The van der Waals surface area contributed by atoms with Crippen LogP contribution >= 0.6 is 0 Å². The number of nitrogens with zero attached hydrogens (tertiary/aromatic N) is 3. The number of carbonyl (C=O) groups is 2. The Kier molecular flexibility index (Phi) is 6.03. The number of hydrogen-bond donors (Lipinski definition) is 2. The topological polar surface area (TPSA) is 121 Å². The van der Waals surface area contributed by atoms with Gasteiger partial charge in [-0.1, -0.05) is 0 Å². The lowest BCUT2D eigenvalue weighted by atomic mass is 9.93. The number of ether oxygens (including phenoxy) is 2. The third kappa shape index (κ3) is 4.82. The number of primary amides is 1. The zero-order chi connectivity index (χ0) is 21.2.